The number of fused-ring (bicyclic) bond motifs is 1. The van der Waals surface area contributed by atoms with Crippen LogP contribution >= 0.6 is 0 Å². The summed E-state index contributed by atoms with van der Waals surface area (Å²) in [6.07, 6.45) is -1.76. The summed E-state index contributed by atoms with van der Waals surface area (Å²) < 4.78 is 32.1. The molecule has 0 saturated carbocycles. The highest BCUT2D eigenvalue weighted by atomic mass is 19.1. The Bertz CT molecular complexity index is 1340. The summed E-state index contributed by atoms with van der Waals surface area (Å²) in [5.41, 5.74) is 2.28. The Kier molecular flexibility index (Phi) is 12.8. The van der Waals surface area contributed by atoms with E-state index in [1.165, 1.54) is 9.80 Å². The number of hydrogen-bond donors (Lipinski definition) is 0. The first kappa shape index (κ1) is 34.7. The smallest absolute Gasteiger partial charge is 0.410 e. The van der Waals surface area contributed by atoms with Gasteiger partial charge in [-0.2, -0.15) is 0 Å². The first-order chi connectivity index (χ1) is 22.1. The van der Waals surface area contributed by atoms with Gasteiger partial charge in [-0.15, -0.1) is 0 Å². The van der Waals surface area contributed by atoms with Crippen molar-refractivity contribution in [1.29, 1.82) is 0 Å². The lowest BCUT2D eigenvalue weighted by molar-refractivity contribution is 0.00406. The number of amides is 3. The van der Waals surface area contributed by atoms with Gasteiger partial charge in [-0.1, -0.05) is 72.8 Å². The summed E-state index contributed by atoms with van der Waals surface area (Å²) in [6.45, 7) is 7.51. The maximum Gasteiger partial charge on any atom is 0.410 e. The number of imide groups is 1. The fourth-order valence-electron chi connectivity index (χ4n) is 5.08. The molecule has 0 saturated heterocycles. The third-order valence-corrected chi connectivity index (χ3v) is 7.25. The van der Waals surface area contributed by atoms with Gasteiger partial charge < -0.3 is 19.1 Å². The highest BCUT2D eigenvalue weighted by molar-refractivity contribution is 6.21. The van der Waals surface area contributed by atoms with Gasteiger partial charge in [-0.25, -0.2) is 9.18 Å². The average molecular weight is 634 g/mol. The Balaban J connectivity index is 1.22. The minimum atomic E-state index is -1.23. The molecule has 4 rings (SSSR count). The van der Waals surface area contributed by atoms with Crippen molar-refractivity contribution in [3.63, 3.8) is 0 Å². The summed E-state index contributed by atoms with van der Waals surface area (Å²) in [5.74, 6) is -0.683. The van der Waals surface area contributed by atoms with Gasteiger partial charge >= 0.3 is 6.09 Å². The van der Waals surface area contributed by atoms with Gasteiger partial charge in [0.05, 0.1) is 44.1 Å². The molecule has 1 heterocycles. The van der Waals surface area contributed by atoms with E-state index in [4.69, 9.17) is 14.2 Å². The van der Waals surface area contributed by atoms with E-state index in [0.717, 1.165) is 11.1 Å². The normalized spacial score (nSPS) is 13.6. The van der Waals surface area contributed by atoms with Crippen molar-refractivity contribution in [2.45, 2.75) is 45.6 Å². The van der Waals surface area contributed by atoms with Crippen molar-refractivity contribution >= 4 is 17.9 Å². The predicted octanol–water partition coefficient (Wildman–Crippen LogP) is 5.59. The maximum absolute atomic E-state index is 15.2. The van der Waals surface area contributed by atoms with Gasteiger partial charge in [0.25, 0.3) is 11.8 Å². The van der Waals surface area contributed by atoms with Gasteiger partial charge in [0.2, 0.25) is 0 Å². The molecule has 3 aromatic carbocycles. The van der Waals surface area contributed by atoms with Crippen molar-refractivity contribution in [1.82, 2.24) is 14.7 Å². The number of rotatable bonds is 17. The van der Waals surface area contributed by atoms with Crippen LogP contribution in [0.1, 0.15) is 52.6 Å². The van der Waals surface area contributed by atoms with Crippen molar-refractivity contribution in [2.24, 2.45) is 0 Å². The SMILES string of the molecule is CC(C)(C)OC(=O)N(CCOCCN1C(=O)c2ccccc2C1=O)CCOCC(F)CN(Cc1ccccc1)Cc1ccccc1. The molecule has 0 radical (unpaired) electrons. The Hall–Kier alpha value is -4.12. The molecule has 3 amide bonds. The van der Waals surface area contributed by atoms with Gasteiger partial charge in [0, 0.05) is 32.7 Å². The highest BCUT2D eigenvalue weighted by Crippen LogP contribution is 2.22. The highest BCUT2D eigenvalue weighted by Gasteiger charge is 2.34. The lowest BCUT2D eigenvalue weighted by atomic mass is 10.1. The molecule has 0 fully saturated rings. The van der Waals surface area contributed by atoms with Crippen LogP contribution in [0.4, 0.5) is 9.18 Å². The molecular formula is C36H44FN3O6. The molecule has 1 aliphatic heterocycles. The Morgan fingerprint density at radius 3 is 1.78 bits per heavy atom. The van der Waals surface area contributed by atoms with Crippen LogP contribution in [0.5, 0.6) is 0 Å². The van der Waals surface area contributed by atoms with Crippen molar-refractivity contribution < 1.29 is 33.0 Å². The van der Waals surface area contributed by atoms with E-state index in [9.17, 15) is 14.4 Å². The van der Waals surface area contributed by atoms with Crippen LogP contribution in [0, 0.1) is 0 Å². The standard InChI is InChI=1S/C36H44FN3O6/c1-36(2,3)46-35(43)39(18-21-44-23-20-40-33(41)31-16-10-11-17-32(31)34(40)42)19-22-45-27-30(37)26-38(24-28-12-6-4-7-13-28)25-29-14-8-5-9-15-29/h4-17,30H,18-27H2,1-3H3. The van der Waals surface area contributed by atoms with E-state index in [2.05, 4.69) is 4.90 Å². The number of ether oxygens (including phenoxy) is 3. The maximum atomic E-state index is 15.2. The second kappa shape index (κ2) is 17.0. The summed E-state index contributed by atoms with van der Waals surface area (Å²) in [7, 11) is 0. The van der Waals surface area contributed by atoms with Crippen LogP contribution in [0.25, 0.3) is 0 Å². The van der Waals surface area contributed by atoms with E-state index in [-0.39, 0.29) is 64.4 Å². The fraction of sp³-hybridized carbons (Fsp3) is 0.417. The van der Waals surface area contributed by atoms with Gasteiger partial charge in [-0.3, -0.25) is 19.4 Å². The van der Waals surface area contributed by atoms with E-state index in [1.54, 1.807) is 45.0 Å². The first-order valence-corrected chi connectivity index (χ1v) is 15.6. The van der Waals surface area contributed by atoms with Crippen LogP contribution in [0.3, 0.4) is 0 Å². The number of nitrogens with zero attached hydrogens (tertiary/aromatic N) is 3. The molecule has 46 heavy (non-hydrogen) atoms. The lowest BCUT2D eigenvalue weighted by Gasteiger charge is -2.28. The van der Waals surface area contributed by atoms with Crippen molar-refractivity contribution in [3.05, 3.63) is 107 Å². The van der Waals surface area contributed by atoms with E-state index < -0.39 is 17.9 Å². The minimum Gasteiger partial charge on any atom is -0.444 e. The van der Waals surface area contributed by atoms with Crippen LogP contribution in [0.2, 0.25) is 0 Å². The Labute approximate surface area is 270 Å². The molecule has 1 atom stereocenters. The van der Waals surface area contributed by atoms with Crippen LogP contribution in [-0.2, 0) is 27.3 Å². The van der Waals surface area contributed by atoms with Gasteiger partial charge in [0.1, 0.15) is 11.8 Å². The van der Waals surface area contributed by atoms with Crippen LogP contribution in [0.15, 0.2) is 84.9 Å². The number of carbonyl (C=O) groups excluding carboxylic acids is 3. The fourth-order valence-corrected chi connectivity index (χ4v) is 5.08. The van der Waals surface area contributed by atoms with Crippen LogP contribution in [-0.4, -0.2) is 97.0 Å². The van der Waals surface area contributed by atoms with E-state index >= 15 is 4.39 Å². The topological polar surface area (TPSA) is 88.6 Å². The molecular weight excluding hydrogens is 589 g/mol. The molecule has 1 unspecified atom stereocenters. The number of alkyl halides is 1. The molecule has 10 heteroatoms. The van der Waals surface area contributed by atoms with Gasteiger partial charge in [-0.05, 0) is 44.0 Å². The average Bonchev–Trinajstić information content (AvgIpc) is 3.26. The molecule has 1 aliphatic rings. The largest absolute Gasteiger partial charge is 0.444 e. The summed E-state index contributed by atoms with van der Waals surface area (Å²) >= 11 is 0. The van der Waals surface area contributed by atoms with Crippen LogP contribution < -0.4 is 0 Å². The van der Waals surface area contributed by atoms with E-state index in [1.807, 2.05) is 60.7 Å². The molecule has 0 N–H and O–H groups in total. The molecule has 0 aromatic heterocycles. The molecule has 0 spiro atoms. The summed E-state index contributed by atoms with van der Waals surface area (Å²) in [4.78, 5) is 42.7. The second-order valence-electron chi connectivity index (χ2n) is 12.2. The zero-order valence-electron chi connectivity index (χ0n) is 26.9. The van der Waals surface area contributed by atoms with Crippen molar-refractivity contribution in [3.8, 4) is 0 Å². The molecule has 9 nitrogen and oxygen atoms in total. The number of benzene rings is 3. The van der Waals surface area contributed by atoms with Crippen molar-refractivity contribution in [2.75, 3.05) is 52.6 Å². The first-order valence-electron chi connectivity index (χ1n) is 15.6. The Morgan fingerprint density at radius 2 is 1.26 bits per heavy atom. The minimum absolute atomic E-state index is 0.103. The zero-order chi connectivity index (χ0) is 32.9. The quantitative estimate of drug-likeness (QED) is 0.141. The zero-order valence-corrected chi connectivity index (χ0v) is 26.9. The monoisotopic (exact) mass is 633 g/mol. The summed E-state index contributed by atoms with van der Waals surface area (Å²) in [5, 5.41) is 0. The predicted molar refractivity (Wildman–Crippen MR) is 173 cm³/mol. The molecule has 0 aliphatic carbocycles. The summed E-state index contributed by atoms with van der Waals surface area (Å²) in [6, 6.07) is 26.6. The molecule has 246 valence electrons. The number of halogens is 1. The Morgan fingerprint density at radius 1 is 0.761 bits per heavy atom. The molecule has 0 bridgehead atoms. The third-order valence-electron chi connectivity index (χ3n) is 7.25. The number of hydrogen-bond acceptors (Lipinski definition) is 7. The molecule has 3 aromatic rings. The van der Waals surface area contributed by atoms with E-state index in [0.29, 0.717) is 24.2 Å². The number of carbonyl (C=O) groups is 3. The second-order valence-corrected chi connectivity index (χ2v) is 12.2. The lowest BCUT2D eigenvalue weighted by Crippen LogP contribution is -2.41. The third kappa shape index (κ3) is 10.8. The van der Waals surface area contributed by atoms with Gasteiger partial charge in [0.15, 0.2) is 0 Å².